The molecule has 2 amide bonds. The molecule has 2 aromatic rings. The van der Waals surface area contributed by atoms with Crippen LogP contribution in [0.25, 0.3) is 0 Å². The van der Waals surface area contributed by atoms with Crippen LogP contribution >= 0.6 is 22.9 Å². The Morgan fingerprint density at radius 3 is 2.95 bits per heavy atom. The van der Waals surface area contributed by atoms with Crippen LogP contribution in [-0.4, -0.2) is 19.1 Å². The van der Waals surface area contributed by atoms with Crippen LogP contribution in [0.15, 0.2) is 30.3 Å². The molecule has 6 heteroatoms. The topological polar surface area (TPSA) is 44.4 Å². The second kappa shape index (κ2) is 6.58. The first-order chi connectivity index (χ1) is 10.7. The number of hydrogen-bond donors (Lipinski definition) is 2. The van der Waals surface area contributed by atoms with Gasteiger partial charge in [-0.1, -0.05) is 11.6 Å². The minimum Gasteiger partial charge on any atom is -0.366 e. The maximum atomic E-state index is 11.6. The van der Waals surface area contributed by atoms with E-state index in [0.29, 0.717) is 6.54 Å². The van der Waals surface area contributed by atoms with Gasteiger partial charge in [-0.15, -0.1) is 11.3 Å². The number of urea groups is 1. The number of anilines is 2. The lowest BCUT2D eigenvalue weighted by molar-refractivity contribution is 0.252. The number of carbonyl (C=O) groups excluding carboxylic acids is 1. The van der Waals surface area contributed by atoms with Crippen molar-refractivity contribution in [2.75, 3.05) is 23.3 Å². The van der Waals surface area contributed by atoms with Crippen molar-refractivity contribution in [2.45, 2.75) is 19.9 Å². The molecule has 0 radical (unpaired) electrons. The van der Waals surface area contributed by atoms with E-state index in [0.717, 1.165) is 29.5 Å². The number of carbonyl (C=O) groups is 1. The largest absolute Gasteiger partial charge is 0.366 e. The highest BCUT2D eigenvalue weighted by atomic mass is 35.5. The van der Waals surface area contributed by atoms with Crippen molar-refractivity contribution < 1.29 is 4.79 Å². The van der Waals surface area contributed by atoms with Gasteiger partial charge < -0.3 is 15.5 Å². The fourth-order valence-corrected chi connectivity index (χ4v) is 3.78. The summed E-state index contributed by atoms with van der Waals surface area (Å²) in [6.07, 6.45) is 0.999. The van der Waals surface area contributed by atoms with Crippen molar-refractivity contribution in [1.82, 2.24) is 5.32 Å². The van der Waals surface area contributed by atoms with Gasteiger partial charge in [0, 0.05) is 29.3 Å². The zero-order chi connectivity index (χ0) is 15.5. The molecule has 3 rings (SSSR count). The average Bonchev–Trinajstić information content (AvgIpc) is 3.06. The number of rotatable bonds is 4. The molecule has 0 saturated heterocycles. The molecule has 1 aromatic carbocycles. The number of benzene rings is 1. The molecule has 0 bridgehead atoms. The van der Waals surface area contributed by atoms with Crippen LogP contribution in [-0.2, 0) is 13.0 Å². The van der Waals surface area contributed by atoms with Crippen LogP contribution < -0.4 is 15.5 Å². The Labute approximate surface area is 139 Å². The molecule has 4 nitrogen and oxygen atoms in total. The van der Waals surface area contributed by atoms with Crippen molar-refractivity contribution in [3.8, 4) is 0 Å². The van der Waals surface area contributed by atoms with Crippen LogP contribution in [0.1, 0.15) is 17.4 Å². The highest BCUT2D eigenvalue weighted by Crippen LogP contribution is 2.33. The van der Waals surface area contributed by atoms with E-state index in [4.69, 9.17) is 11.6 Å². The van der Waals surface area contributed by atoms with E-state index in [1.165, 1.54) is 16.1 Å². The molecule has 2 heterocycles. The first kappa shape index (κ1) is 15.2. The van der Waals surface area contributed by atoms with Gasteiger partial charge in [0.15, 0.2) is 0 Å². The van der Waals surface area contributed by atoms with Crippen LogP contribution in [0.5, 0.6) is 0 Å². The van der Waals surface area contributed by atoms with Crippen LogP contribution in [0.2, 0.25) is 4.34 Å². The number of halogens is 1. The molecule has 0 spiro atoms. The Morgan fingerprint density at radius 1 is 1.36 bits per heavy atom. The van der Waals surface area contributed by atoms with Crippen molar-refractivity contribution in [3.05, 3.63) is 45.1 Å². The Bertz CT molecular complexity index is 686. The minimum absolute atomic E-state index is 0.162. The first-order valence-corrected chi connectivity index (χ1v) is 8.52. The number of hydrogen-bond acceptors (Lipinski definition) is 3. The summed E-state index contributed by atoms with van der Waals surface area (Å²) >= 11 is 7.62. The van der Waals surface area contributed by atoms with Crippen molar-refractivity contribution >= 4 is 40.3 Å². The molecule has 1 aliphatic heterocycles. The molecular formula is C16H18ClN3OS. The normalized spacial score (nSPS) is 13.1. The fourth-order valence-electron chi connectivity index (χ4n) is 2.67. The average molecular weight is 336 g/mol. The second-order valence-corrected chi connectivity index (χ2v) is 7.00. The quantitative estimate of drug-likeness (QED) is 0.883. The summed E-state index contributed by atoms with van der Waals surface area (Å²) < 4.78 is 0.830. The lowest BCUT2D eigenvalue weighted by atomic mass is 10.1. The maximum absolute atomic E-state index is 11.6. The van der Waals surface area contributed by atoms with E-state index in [2.05, 4.69) is 33.7 Å². The number of nitrogens with zero attached hydrogens (tertiary/aromatic N) is 1. The third-order valence-electron chi connectivity index (χ3n) is 3.64. The van der Waals surface area contributed by atoms with Crippen LogP contribution in [0.3, 0.4) is 0 Å². The van der Waals surface area contributed by atoms with Crippen molar-refractivity contribution in [2.24, 2.45) is 0 Å². The zero-order valence-corrected chi connectivity index (χ0v) is 13.9. The summed E-state index contributed by atoms with van der Waals surface area (Å²) in [6.45, 7) is 4.40. The van der Waals surface area contributed by atoms with Crippen LogP contribution in [0, 0.1) is 0 Å². The Kier molecular flexibility index (Phi) is 4.55. The van der Waals surface area contributed by atoms with E-state index in [1.807, 2.05) is 19.1 Å². The SMILES string of the molecule is CCNC(=O)Nc1ccc2c(c1)CCN2Cc1ccc(Cl)s1. The molecule has 116 valence electrons. The Hall–Kier alpha value is -1.72. The molecule has 0 atom stereocenters. The van der Waals surface area contributed by atoms with E-state index >= 15 is 0 Å². The summed E-state index contributed by atoms with van der Waals surface area (Å²) in [6, 6.07) is 9.96. The predicted molar refractivity (Wildman–Crippen MR) is 93.2 cm³/mol. The molecule has 2 N–H and O–H groups in total. The van der Waals surface area contributed by atoms with E-state index < -0.39 is 0 Å². The lowest BCUT2D eigenvalue weighted by Crippen LogP contribution is -2.28. The fraction of sp³-hybridized carbons (Fsp3) is 0.312. The predicted octanol–water partition coefficient (Wildman–Crippen LogP) is 4.11. The van der Waals surface area contributed by atoms with Gasteiger partial charge in [-0.05, 0) is 49.2 Å². The summed E-state index contributed by atoms with van der Waals surface area (Å²) in [5.41, 5.74) is 3.36. The van der Waals surface area contributed by atoms with E-state index in [-0.39, 0.29) is 6.03 Å². The molecule has 0 unspecified atom stereocenters. The molecule has 1 aliphatic rings. The third kappa shape index (κ3) is 3.36. The van der Waals surface area contributed by atoms with Gasteiger partial charge in [0.05, 0.1) is 10.9 Å². The highest BCUT2D eigenvalue weighted by molar-refractivity contribution is 7.16. The van der Waals surface area contributed by atoms with Gasteiger partial charge in [0.2, 0.25) is 0 Å². The molecule has 1 aromatic heterocycles. The van der Waals surface area contributed by atoms with Gasteiger partial charge >= 0.3 is 6.03 Å². The van der Waals surface area contributed by atoms with Gasteiger partial charge in [-0.3, -0.25) is 0 Å². The number of nitrogens with one attached hydrogen (secondary N) is 2. The monoisotopic (exact) mass is 335 g/mol. The van der Waals surface area contributed by atoms with Crippen LogP contribution in [0.4, 0.5) is 16.2 Å². The van der Waals surface area contributed by atoms with E-state index in [1.54, 1.807) is 11.3 Å². The van der Waals surface area contributed by atoms with Crippen molar-refractivity contribution in [3.63, 3.8) is 0 Å². The molecular weight excluding hydrogens is 318 g/mol. The molecule has 0 fully saturated rings. The molecule has 0 aliphatic carbocycles. The van der Waals surface area contributed by atoms with Gasteiger partial charge in [-0.2, -0.15) is 0 Å². The van der Waals surface area contributed by atoms with Crippen molar-refractivity contribution in [1.29, 1.82) is 0 Å². The zero-order valence-electron chi connectivity index (χ0n) is 12.4. The lowest BCUT2D eigenvalue weighted by Gasteiger charge is -2.18. The molecule has 22 heavy (non-hydrogen) atoms. The maximum Gasteiger partial charge on any atom is 0.319 e. The number of amides is 2. The molecule has 0 saturated carbocycles. The van der Waals surface area contributed by atoms with Gasteiger partial charge in [0.1, 0.15) is 0 Å². The second-order valence-electron chi connectivity index (χ2n) is 5.21. The minimum atomic E-state index is -0.162. The van der Waals surface area contributed by atoms with Gasteiger partial charge in [0.25, 0.3) is 0 Å². The van der Waals surface area contributed by atoms with E-state index in [9.17, 15) is 4.79 Å². The smallest absolute Gasteiger partial charge is 0.319 e. The summed E-state index contributed by atoms with van der Waals surface area (Å²) in [7, 11) is 0. The number of thiophene rings is 1. The first-order valence-electron chi connectivity index (χ1n) is 7.32. The summed E-state index contributed by atoms with van der Waals surface area (Å²) in [5.74, 6) is 0. The standard InChI is InChI=1S/C16H18ClN3OS/c1-2-18-16(21)19-12-3-5-14-11(9-12)7-8-20(14)10-13-4-6-15(17)22-13/h3-6,9H,2,7-8,10H2,1H3,(H2,18,19,21). The Morgan fingerprint density at radius 2 is 2.23 bits per heavy atom. The Balaban J connectivity index is 1.71. The third-order valence-corrected chi connectivity index (χ3v) is 4.86. The number of fused-ring (bicyclic) bond motifs is 1. The summed E-state index contributed by atoms with van der Waals surface area (Å²) in [5, 5.41) is 5.59. The summed E-state index contributed by atoms with van der Waals surface area (Å²) in [4.78, 5) is 15.2. The van der Waals surface area contributed by atoms with Gasteiger partial charge in [-0.25, -0.2) is 4.79 Å². The highest BCUT2D eigenvalue weighted by Gasteiger charge is 2.20.